The topological polar surface area (TPSA) is 91.8 Å². The Morgan fingerprint density at radius 2 is 1.89 bits per heavy atom. The van der Waals surface area contributed by atoms with Gasteiger partial charge in [-0.2, -0.15) is 0 Å². The van der Waals surface area contributed by atoms with Crippen LogP contribution in [0.3, 0.4) is 0 Å². The van der Waals surface area contributed by atoms with Gasteiger partial charge in [0.15, 0.2) is 5.96 Å². The Balaban J connectivity index is 1.49. The van der Waals surface area contributed by atoms with Crippen LogP contribution in [-0.2, 0) is 21.3 Å². The number of hydrogen-bond donors (Lipinski definition) is 3. The van der Waals surface area contributed by atoms with Gasteiger partial charge in [0, 0.05) is 32.8 Å². The molecule has 8 heteroatoms. The van der Waals surface area contributed by atoms with Gasteiger partial charge >= 0.3 is 0 Å². The summed E-state index contributed by atoms with van der Waals surface area (Å²) >= 11 is 0. The standard InChI is InChI=1S/C19H30N4O3S/c1-20-19(23-16-5-2-3-6-16)21-13-15-8-10-18(11-9-15)27(24,25)22-14-17-7-4-12-26-17/h8-11,16-17,22H,2-7,12-14H2,1H3,(H2,20,21,23). The minimum Gasteiger partial charge on any atom is -0.377 e. The zero-order valence-electron chi connectivity index (χ0n) is 15.9. The summed E-state index contributed by atoms with van der Waals surface area (Å²) in [5, 5.41) is 6.73. The van der Waals surface area contributed by atoms with Crippen molar-refractivity contribution in [2.45, 2.75) is 62.1 Å². The van der Waals surface area contributed by atoms with Gasteiger partial charge in [-0.15, -0.1) is 0 Å². The molecule has 2 aliphatic rings. The second kappa shape index (κ2) is 9.52. The van der Waals surface area contributed by atoms with Crippen molar-refractivity contribution in [2.75, 3.05) is 20.2 Å². The van der Waals surface area contributed by atoms with Crippen LogP contribution >= 0.6 is 0 Å². The highest BCUT2D eigenvalue weighted by Gasteiger charge is 2.20. The van der Waals surface area contributed by atoms with Gasteiger partial charge in [0.2, 0.25) is 10.0 Å². The molecule has 1 aliphatic carbocycles. The summed E-state index contributed by atoms with van der Waals surface area (Å²) in [6.45, 7) is 1.64. The molecule has 1 aromatic rings. The molecule has 150 valence electrons. The van der Waals surface area contributed by atoms with E-state index in [1.54, 1.807) is 19.2 Å². The average molecular weight is 395 g/mol. The highest BCUT2D eigenvalue weighted by molar-refractivity contribution is 7.89. The number of nitrogens with one attached hydrogen (secondary N) is 3. The quantitative estimate of drug-likeness (QED) is 0.484. The Morgan fingerprint density at radius 3 is 2.52 bits per heavy atom. The van der Waals surface area contributed by atoms with Crippen molar-refractivity contribution in [2.24, 2.45) is 4.99 Å². The van der Waals surface area contributed by atoms with Crippen molar-refractivity contribution >= 4 is 16.0 Å². The minimum absolute atomic E-state index is 0.0117. The first-order valence-electron chi connectivity index (χ1n) is 9.74. The number of guanidine groups is 1. The summed E-state index contributed by atoms with van der Waals surface area (Å²) in [6.07, 6.45) is 6.80. The minimum atomic E-state index is -3.50. The van der Waals surface area contributed by atoms with Crippen LogP contribution in [0, 0.1) is 0 Å². The molecule has 0 bridgehead atoms. The lowest BCUT2D eigenvalue weighted by atomic mass is 10.2. The van der Waals surface area contributed by atoms with Crippen LogP contribution in [0.25, 0.3) is 0 Å². The van der Waals surface area contributed by atoms with E-state index in [1.807, 2.05) is 12.1 Å². The third-order valence-corrected chi connectivity index (χ3v) is 6.58. The second-order valence-corrected chi connectivity index (χ2v) is 8.95. The maximum absolute atomic E-state index is 12.4. The van der Waals surface area contributed by atoms with Gasteiger partial charge in [0.25, 0.3) is 0 Å². The third-order valence-electron chi connectivity index (χ3n) is 5.14. The summed E-state index contributed by atoms with van der Waals surface area (Å²) < 4.78 is 32.9. The first kappa shape index (κ1) is 20.1. The molecule has 27 heavy (non-hydrogen) atoms. The maximum Gasteiger partial charge on any atom is 0.240 e. The van der Waals surface area contributed by atoms with Gasteiger partial charge in [-0.3, -0.25) is 4.99 Å². The summed E-state index contributed by atoms with van der Waals surface area (Å²) in [6, 6.07) is 7.44. The largest absolute Gasteiger partial charge is 0.377 e. The van der Waals surface area contributed by atoms with E-state index in [0.717, 1.165) is 24.4 Å². The number of sulfonamides is 1. The van der Waals surface area contributed by atoms with E-state index in [4.69, 9.17) is 4.74 Å². The van der Waals surface area contributed by atoms with Crippen molar-refractivity contribution in [3.05, 3.63) is 29.8 Å². The van der Waals surface area contributed by atoms with Gasteiger partial charge in [-0.25, -0.2) is 13.1 Å². The van der Waals surface area contributed by atoms with Crippen LogP contribution < -0.4 is 15.4 Å². The molecule has 1 saturated carbocycles. The molecular weight excluding hydrogens is 364 g/mol. The Labute approximate surface area is 162 Å². The van der Waals surface area contributed by atoms with Crippen LogP contribution in [0.2, 0.25) is 0 Å². The monoisotopic (exact) mass is 394 g/mol. The number of benzene rings is 1. The molecule has 0 amide bonds. The van der Waals surface area contributed by atoms with Crippen LogP contribution in [0.4, 0.5) is 0 Å². The van der Waals surface area contributed by atoms with Crippen LogP contribution in [0.15, 0.2) is 34.2 Å². The van der Waals surface area contributed by atoms with Gasteiger partial charge < -0.3 is 15.4 Å². The summed E-state index contributed by atoms with van der Waals surface area (Å²) in [5.74, 6) is 0.789. The highest BCUT2D eigenvalue weighted by atomic mass is 32.2. The molecular formula is C19H30N4O3S. The lowest BCUT2D eigenvalue weighted by Crippen LogP contribution is -2.41. The normalized spacial score (nSPS) is 21.5. The lowest BCUT2D eigenvalue weighted by molar-refractivity contribution is 0.114. The van der Waals surface area contributed by atoms with E-state index < -0.39 is 10.0 Å². The Hall–Kier alpha value is -1.64. The molecule has 0 spiro atoms. The Kier molecular flexibility index (Phi) is 7.09. The number of aliphatic imine (C=N–C) groups is 1. The predicted octanol–water partition coefficient (Wildman–Crippen LogP) is 1.75. The van der Waals surface area contributed by atoms with E-state index in [1.165, 1.54) is 25.7 Å². The highest BCUT2D eigenvalue weighted by Crippen LogP contribution is 2.17. The predicted molar refractivity (Wildman–Crippen MR) is 106 cm³/mol. The molecule has 0 aromatic heterocycles. The van der Waals surface area contributed by atoms with Crippen LogP contribution in [-0.4, -0.2) is 46.7 Å². The van der Waals surface area contributed by atoms with E-state index in [2.05, 4.69) is 20.3 Å². The SMILES string of the molecule is CN=C(NCc1ccc(S(=O)(=O)NCC2CCCO2)cc1)NC1CCCC1. The summed E-state index contributed by atoms with van der Waals surface area (Å²) in [5.41, 5.74) is 1.00. The van der Waals surface area contributed by atoms with E-state index >= 15 is 0 Å². The molecule has 1 aromatic carbocycles. The van der Waals surface area contributed by atoms with Crippen molar-refractivity contribution in [1.29, 1.82) is 0 Å². The molecule has 1 aliphatic heterocycles. The van der Waals surface area contributed by atoms with Crippen molar-refractivity contribution in [1.82, 2.24) is 15.4 Å². The molecule has 1 unspecified atom stereocenters. The number of ether oxygens (including phenoxy) is 1. The molecule has 1 heterocycles. The fourth-order valence-corrected chi connectivity index (χ4v) is 4.59. The van der Waals surface area contributed by atoms with Crippen molar-refractivity contribution in [3.63, 3.8) is 0 Å². The Bertz CT molecular complexity index is 722. The number of nitrogens with zero attached hydrogens (tertiary/aromatic N) is 1. The number of hydrogen-bond acceptors (Lipinski definition) is 4. The van der Waals surface area contributed by atoms with E-state index in [0.29, 0.717) is 25.7 Å². The Morgan fingerprint density at radius 1 is 1.15 bits per heavy atom. The zero-order valence-corrected chi connectivity index (χ0v) is 16.7. The van der Waals surface area contributed by atoms with Crippen LogP contribution in [0.5, 0.6) is 0 Å². The number of rotatable bonds is 7. The smallest absolute Gasteiger partial charge is 0.240 e. The zero-order chi connectivity index (χ0) is 19.1. The fraction of sp³-hybridized carbons (Fsp3) is 0.632. The fourth-order valence-electron chi connectivity index (χ4n) is 3.52. The molecule has 3 rings (SSSR count). The van der Waals surface area contributed by atoms with Crippen molar-refractivity contribution < 1.29 is 13.2 Å². The van der Waals surface area contributed by atoms with Gasteiger partial charge in [-0.1, -0.05) is 25.0 Å². The van der Waals surface area contributed by atoms with Gasteiger partial charge in [0.05, 0.1) is 11.0 Å². The summed E-state index contributed by atoms with van der Waals surface area (Å²) in [4.78, 5) is 4.54. The van der Waals surface area contributed by atoms with Gasteiger partial charge in [0.1, 0.15) is 0 Å². The average Bonchev–Trinajstić information content (AvgIpc) is 3.38. The van der Waals surface area contributed by atoms with Crippen molar-refractivity contribution in [3.8, 4) is 0 Å². The van der Waals surface area contributed by atoms with Crippen LogP contribution in [0.1, 0.15) is 44.1 Å². The molecule has 2 fully saturated rings. The molecule has 1 atom stereocenters. The van der Waals surface area contributed by atoms with E-state index in [9.17, 15) is 8.42 Å². The molecule has 1 saturated heterocycles. The van der Waals surface area contributed by atoms with E-state index in [-0.39, 0.29) is 11.0 Å². The first-order valence-corrected chi connectivity index (χ1v) is 11.2. The summed E-state index contributed by atoms with van der Waals surface area (Å²) in [7, 11) is -1.74. The third kappa shape index (κ3) is 5.92. The first-order chi connectivity index (χ1) is 13.1. The second-order valence-electron chi connectivity index (χ2n) is 7.18. The molecule has 0 radical (unpaired) electrons. The molecule has 7 nitrogen and oxygen atoms in total. The molecule has 3 N–H and O–H groups in total. The van der Waals surface area contributed by atoms with Gasteiger partial charge in [-0.05, 0) is 43.4 Å². The lowest BCUT2D eigenvalue weighted by Gasteiger charge is -2.17. The maximum atomic E-state index is 12.4.